The van der Waals surface area contributed by atoms with Gasteiger partial charge in [-0.1, -0.05) is 24.3 Å². The van der Waals surface area contributed by atoms with Crippen LogP contribution in [0.5, 0.6) is 0 Å². The van der Waals surface area contributed by atoms with Crippen LogP contribution in [0.2, 0.25) is 0 Å². The van der Waals surface area contributed by atoms with Gasteiger partial charge in [0, 0.05) is 6.54 Å². The topological polar surface area (TPSA) is 49.8 Å². The molecule has 1 aromatic carbocycles. The number of β-amino-alcohol motifs (C(OH)–C–C–N with tert-alkyl or cyclic N) is 1. The number of halogens is 4. The molecule has 1 amide bonds. The second kappa shape index (κ2) is 7.06. The van der Waals surface area contributed by atoms with E-state index in [2.05, 4.69) is 4.74 Å². The highest BCUT2D eigenvalue weighted by atomic mass is 19.3. The number of hydrogen-bond donors (Lipinski definition) is 1. The Bertz CT molecular complexity index is 596. The third-order valence-electron chi connectivity index (χ3n) is 4.09. The smallest absolute Gasteiger partial charge is 0.330 e. The fraction of sp³-hybridized carbons (Fsp3) is 0.562. The molecule has 1 fully saturated rings. The van der Waals surface area contributed by atoms with Crippen molar-refractivity contribution in [3.8, 4) is 0 Å². The lowest BCUT2D eigenvalue weighted by Gasteiger charge is -2.25. The van der Waals surface area contributed by atoms with Gasteiger partial charge < -0.3 is 14.7 Å². The van der Waals surface area contributed by atoms with Gasteiger partial charge in [0.05, 0.1) is 6.54 Å². The van der Waals surface area contributed by atoms with Gasteiger partial charge in [-0.05, 0) is 24.5 Å². The number of carbonyl (C=O) groups is 1. The van der Waals surface area contributed by atoms with Crippen molar-refractivity contribution in [1.82, 2.24) is 4.90 Å². The van der Waals surface area contributed by atoms with Crippen molar-refractivity contribution in [2.75, 3.05) is 26.3 Å². The van der Waals surface area contributed by atoms with Crippen LogP contribution < -0.4 is 0 Å². The first kappa shape index (κ1) is 18.7. The first-order chi connectivity index (χ1) is 11.2. The zero-order valence-corrected chi connectivity index (χ0v) is 13.1. The highest BCUT2D eigenvalue weighted by Crippen LogP contribution is 2.33. The highest BCUT2D eigenvalue weighted by Gasteiger charge is 2.42. The summed E-state index contributed by atoms with van der Waals surface area (Å²) in [6.45, 7) is -0.171. The number of aryl methyl sites for hydroxylation is 1. The van der Waals surface area contributed by atoms with E-state index in [9.17, 15) is 27.5 Å². The number of ether oxygens (including phenoxy) is 1. The fourth-order valence-corrected chi connectivity index (χ4v) is 2.75. The van der Waals surface area contributed by atoms with E-state index < -0.39 is 37.1 Å². The van der Waals surface area contributed by atoms with Crippen LogP contribution in [0.3, 0.4) is 0 Å². The summed E-state index contributed by atoms with van der Waals surface area (Å²) < 4.78 is 53.9. The second-order valence-electron chi connectivity index (χ2n) is 5.97. The largest absolute Gasteiger partial charge is 0.383 e. The molecule has 0 aliphatic carbocycles. The first-order valence-corrected chi connectivity index (χ1v) is 7.46. The number of amides is 1. The van der Waals surface area contributed by atoms with Crippen molar-refractivity contribution < 1.29 is 32.2 Å². The Morgan fingerprint density at radius 2 is 2.08 bits per heavy atom. The second-order valence-corrected chi connectivity index (χ2v) is 5.97. The third kappa shape index (κ3) is 4.05. The maximum absolute atomic E-state index is 12.7. The van der Waals surface area contributed by atoms with Crippen molar-refractivity contribution in [3.05, 3.63) is 35.4 Å². The molecule has 0 aromatic heterocycles. The van der Waals surface area contributed by atoms with Crippen LogP contribution in [-0.4, -0.2) is 54.6 Å². The van der Waals surface area contributed by atoms with E-state index in [1.807, 2.05) is 19.1 Å². The van der Waals surface area contributed by atoms with Gasteiger partial charge in [-0.15, -0.1) is 0 Å². The number of rotatable bonds is 6. The number of hydrogen-bond acceptors (Lipinski definition) is 3. The van der Waals surface area contributed by atoms with Crippen molar-refractivity contribution >= 4 is 5.91 Å². The van der Waals surface area contributed by atoms with Gasteiger partial charge in [0.15, 0.2) is 0 Å². The first-order valence-electron chi connectivity index (χ1n) is 7.46. The molecule has 2 rings (SSSR count). The zero-order valence-electron chi connectivity index (χ0n) is 13.1. The van der Waals surface area contributed by atoms with Crippen LogP contribution in [0.4, 0.5) is 17.6 Å². The minimum Gasteiger partial charge on any atom is -0.383 e. The maximum atomic E-state index is 12.7. The standard InChI is InChI=1S/C16H19F4NO3/c1-11-4-2-3-5-12(11)15(23)6-7-21(9-15)13(22)8-24-10-16(19,20)14(17)18/h2-5,14,23H,6-10H2,1H3/t15-/m1/s1. The Labute approximate surface area is 137 Å². The summed E-state index contributed by atoms with van der Waals surface area (Å²) in [5.74, 6) is -4.91. The molecule has 0 unspecified atom stereocenters. The molecule has 24 heavy (non-hydrogen) atoms. The molecule has 134 valence electrons. The molecule has 1 aromatic rings. The van der Waals surface area contributed by atoms with Gasteiger partial charge in [0.2, 0.25) is 5.91 Å². The summed E-state index contributed by atoms with van der Waals surface area (Å²) in [6, 6.07) is 7.22. The Morgan fingerprint density at radius 3 is 2.71 bits per heavy atom. The van der Waals surface area contributed by atoms with Crippen LogP contribution in [0.15, 0.2) is 24.3 Å². The molecule has 8 heteroatoms. The summed E-state index contributed by atoms with van der Waals surface area (Å²) in [4.78, 5) is 13.2. The average Bonchev–Trinajstić information content (AvgIpc) is 2.91. The number of aliphatic hydroxyl groups is 1. The van der Waals surface area contributed by atoms with E-state index in [1.54, 1.807) is 12.1 Å². The molecule has 4 nitrogen and oxygen atoms in total. The van der Waals surface area contributed by atoms with Crippen molar-refractivity contribution in [1.29, 1.82) is 0 Å². The van der Waals surface area contributed by atoms with Crippen molar-refractivity contribution in [2.24, 2.45) is 0 Å². The molecule has 0 radical (unpaired) electrons. The molecule has 1 heterocycles. The van der Waals surface area contributed by atoms with Gasteiger partial charge in [-0.2, -0.15) is 8.78 Å². The predicted molar refractivity (Wildman–Crippen MR) is 78.0 cm³/mol. The summed E-state index contributed by atoms with van der Waals surface area (Å²) in [5.41, 5.74) is 0.362. The lowest BCUT2D eigenvalue weighted by Crippen LogP contribution is -2.38. The molecule has 0 bridgehead atoms. The van der Waals surface area contributed by atoms with Gasteiger partial charge in [-0.3, -0.25) is 4.79 Å². The van der Waals surface area contributed by atoms with Crippen molar-refractivity contribution in [3.63, 3.8) is 0 Å². The summed E-state index contributed by atoms with van der Waals surface area (Å²) in [6.07, 6.45) is -3.54. The van der Waals surface area contributed by atoms with Gasteiger partial charge in [0.25, 0.3) is 0 Å². The molecule has 0 spiro atoms. The number of alkyl halides is 4. The molecule has 0 saturated carbocycles. The van der Waals surface area contributed by atoms with E-state index in [1.165, 1.54) is 4.90 Å². The van der Waals surface area contributed by atoms with Crippen LogP contribution in [-0.2, 0) is 15.1 Å². The molecule has 1 saturated heterocycles. The average molecular weight is 349 g/mol. The minimum absolute atomic E-state index is 0.00524. The molecular weight excluding hydrogens is 330 g/mol. The SMILES string of the molecule is Cc1ccccc1[C@@]1(O)CCN(C(=O)COCC(F)(F)C(F)F)C1. The van der Waals surface area contributed by atoms with Crippen LogP contribution in [0, 0.1) is 6.92 Å². The van der Waals surface area contributed by atoms with Crippen LogP contribution >= 0.6 is 0 Å². The third-order valence-corrected chi connectivity index (χ3v) is 4.09. The lowest BCUT2D eigenvalue weighted by atomic mass is 9.89. The van der Waals surface area contributed by atoms with Gasteiger partial charge in [-0.25, -0.2) is 8.78 Å². The zero-order chi connectivity index (χ0) is 18.0. The predicted octanol–water partition coefficient (Wildman–Crippen LogP) is 2.33. The van der Waals surface area contributed by atoms with Gasteiger partial charge in [0.1, 0.15) is 18.8 Å². The number of nitrogens with zero attached hydrogens (tertiary/aromatic N) is 1. The Morgan fingerprint density at radius 1 is 1.42 bits per heavy atom. The number of likely N-dealkylation sites (tertiary alicyclic amines) is 1. The molecule has 1 N–H and O–H groups in total. The van der Waals surface area contributed by atoms with E-state index >= 15 is 0 Å². The normalized spacial score (nSPS) is 21.5. The summed E-state index contributed by atoms with van der Waals surface area (Å²) in [5, 5.41) is 10.7. The van der Waals surface area contributed by atoms with E-state index in [-0.39, 0.29) is 13.1 Å². The summed E-state index contributed by atoms with van der Waals surface area (Å²) in [7, 11) is 0. The minimum atomic E-state index is -4.28. The van der Waals surface area contributed by atoms with E-state index in [0.717, 1.165) is 5.56 Å². The molecule has 1 aliphatic rings. The lowest BCUT2D eigenvalue weighted by molar-refractivity contribution is -0.170. The highest BCUT2D eigenvalue weighted by molar-refractivity contribution is 5.78. The van der Waals surface area contributed by atoms with Crippen LogP contribution in [0.25, 0.3) is 0 Å². The summed E-state index contributed by atoms with van der Waals surface area (Å²) >= 11 is 0. The quantitative estimate of drug-likeness (QED) is 0.802. The van der Waals surface area contributed by atoms with E-state index in [0.29, 0.717) is 12.0 Å². The monoisotopic (exact) mass is 349 g/mol. The van der Waals surface area contributed by atoms with Crippen LogP contribution in [0.1, 0.15) is 17.5 Å². The Hall–Kier alpha value is -1.67. The fourth-order valence-electron chi connectivity index (χ4n) is 2.75. The maximum Gasteiger partial charge on any atom is 0.330 e. The molecular formula is C16H19F4NO3. The van der Waals surface area contributed by atoms with Gasteiger partial charge >= 0.3 is 12.3 Å². The molecule has 1 aliphatic heterocycles. The van der Waals surface area contributed by atoms with Crippen molar-refractivity contribution in [2.45, 2.75) is 31.3 Å². The van der Waals surface area contributed by atoms with E-state index in [4.69, 9.17) is 0 Å². The number of carbonyl (C=O) groups excluding carboxylic acids is 1. The number of benzene rings is 1. The molecule has 1 atom stereocenters. The Kier molecular flexibility index (Phi) is 5.49. The Balaban J connectivity index is 1.91.